The van der Waals surface area contributed by atoms with E-state index >= 15 is 0 Å². The highest BCUT2D eigenvalue weighted by Crippen LogP contribution is 1.85. The molecule has 0 saturated carbocycles. The van der Waals surface area contributed by atoms with Gasteiger partial charge in [-0.05, 0) is 0 Å². The van der Waals surface area contributed by atoms with Gasteiger partial charge in [-0.1, -0.05) is 0 Å². The molecular formula is C4H9NO5S. The Morgan fingerprint density at radius 1 is 1.82 bits per heavy atom. The largest absolute Gasteiger partial charge is 0.480 e. The van der Waals surface area contributed by atoms with Gasteiger partial charge in [0.2, 0.25) is 11.3 Å². The molecular weight excluding hydrogens is 174 g/mol. The predicted molar refractivity (Wildman–Crippen MR) is 37.2 cm³/mol. The first-order valence-corrected chi connectivity index (χ1v) is 3.77. The first-order chi connectivity index (χ1) is 5.07. The Kier molecular flexibility index (Phi) is 4.95. The van der Waals surface area contributed by atoms with Crippen molar-refractivity contribution >= 4 is 17.2 Å². The van der Waals surface area contributed by atoms with Crippen LogP contribution in [0.2, 0.25) is 0 Å². The molecule has 0 aliphatic carbocycles. The van der Waals surface area contributed by atoms with Crippen molar-refractivity contribution in [3.63, 3.8) is 0 Å². The molecule has 6 nitrogen and oxygen atoms in total. The van der Waals surface area contributed by atoms with Gasteiger partial charge in [-0.3, -0.25) is 9.35 Å². The molecule has 0 aromatic carbocycles. The van der Waals surface area contributed by atoms with E-state index < -0.39 is 23.3 Å². The van der Waals surface area contributed by atoms with Crippen molar-refractivity contribution in [1.29, 1.82) is 0 Å². The van der Waals surface area contributed by atoms with E-state index in [0.717, 1.165) is 0 Å². The summed E-state index contributed by atoms with van der Waals surface area (Å²) in [6.07, 6.45) is 0. The van der Waals surface area contributed by atoms with Crippen LogP contribution in [0.1, 0.15) is 0 Å². The highest BCUT2D eigenvalue weighted by atomic mass is 32.2. The molecule has 3 N–H and O–H groups in total. The Labute approximate surface area is 66.0 Å². The van der Waals surface area contributed by atoms with E-state index in [1.165, 1.54) is 7.11 Å². The molecule has 0 amide bonds. The molecule has 0 fully saturated rings. The lowest BCUT2D eigenvalue weighted by Gasteiger charge is -2.08. The van der Waals surface area contributed by atoms with E-state index in [9.17, 15) is 9.00 Å². The third kappa shape index (κ3) is 4.85. The van der Waals surface area contributed by atoms with Crippen molar-refractivity contribution in [2.75, 3.05) is 13.7 Å². The molecule has 0 saturated heterocycles. The van der Waals surface area contributed by atoms with Crippen LogP contribution < -0.4 is 4.72 Å². The van der Waals surface area contributed by atoms with Crippen LogP contribution in [0.5, 0.6) is 0 Å². The van der Waals surface area contributed by atoms with Gasteiger partial charge in [-0.2, -0.15) is 4.72 Å². The van der Waals surface area contributed by atoms with Crippen molar-refractivity contribution in [2.45, 2.75) is 6.04 Å². The highest BCUT2D eigenvalue weighted by molar-refractivity contribution is 7.77. The molecule has 66 valence electrons. The minimum absolute atomic E-state index is 0.151. The smallest absolute Gasteiger partial charge is 0.324 e. The second-order valence-electron chi connectivity index (χ2n) is 1.71. The van der Waals surface area contributed by atoms with Crippen molar-refractivity contribution in [3.05, 3.63) is 0 Å². The Hall–Kier alpha value is -0.500. The molecule has 0 aromatic rings. The lowest BCUT2D eigenvalue weighted by Crippen LogP contribution is -2.40. The summed E-state index contributed by atoms with van der Waals surface area (Å²) in [7, 11) is 1.30. The minimum atomic E-state index is -2.33. The molecule has 0 rings (SSSR count). The van der Waals surface area contributed by atoms with Gasteiger partial charge in [0.25, 0.3) is 0 Å². The lowest BCUT2D eigenvalue weighted by atomic mass is 10.3. The molecule has 0 bridgehead atoms. The first-order valence-electron chi connectivity index (χ1n) is 2.66. The number of ether oxygens (including phenoxy) is 1. The maximum Gasteiger partial charge on any atom is 0.324 e. The van der Waals surface area contributed by atoms with Gasteiger partial charge in [-0.25, -0.2) is 4.21 Å². The number of nitrogens with one attached hydrogen (secondary N) is 1. The summed E-state index contributed by atoms with van der Waals surface area (Å²) >= 11 is -2.33. The van der Waals surface area contributed by atoms with Crippen molar-refractivity contribution in [2.24, 2.45) is 0 Å². The molecule has 2 atom stereocenters. The number of aliphatic carboxylic acids is 1. The van der Waals surface area contributed by atoms with Crippen molar-refractivity contribution < 1.29 is 23.4 Å². The van der Waals surface area contributed by atoms with Crippen LogP contribution >= 0.6 is 0 Å². The molecule has 7 heteroatoms. The summed E-state index contributed by atoms with van der Waals surface area (Å²) in [5.74, 6) is -1.23. The number of carboxylic acids is 1. The summed E-state index contributed by atoms with van der Waals surface area (Å²) in [5.41, 5.74) is 0. The SMILES string of the molecule is COC[C@H](NS(=O)O)C(=O)O. The third-order valence-corrected chi connectivity index (χ3v) is 1.36. The van der Waals surface area contributed by atoms with Crippen LogP contribution in [0.15, 0.2) is 0 Å². The van der Waals surface area contributed by atoms with E-state index in [1.54, 1.807) is 0 Å². The third-order valence-electron chi connectivity index (χ3n) is 0.875. The maximum atomic E-state index is 10.2. The van der Waals surface area contributed by atoms with Crippen molar-refractivity contribution in [3.8, 4) is 0 Å². The molecule has 0 aromatic heterocycles. The standard InChI is InChI=1S/C4H9NO5S/c1-10-2-3(4(6)7)5-11(8)9/h3,5H,2H2,1H3,(H,6,7)(H,8,9)/t3-/m0/s1. The minimum Gasteiger partial charge on any atom is -0.480 e. The number of methoxy groups -OCH3 is 1. The zero-order chi connectivity index (χ0) is 8.85. The lowest BCUT2D eigenvalue weighted by molar-refractivity contribution is -0.140. The Morgan fingerprint density at radius 3 is 2.64 bits per heavy atom. The number of rotatable bonds is 5. The van der Waals surface area contributed by atoms with Crippen LogP contribution in [-0.2, 0) is 20.8 Å². The summed E-state index contributed by atoms with van der Waals surface area (Å²) in [4.78, 5) is 10.2. The van der Waals surface area contributed by atoms with Crippen LogP contribution in [0, 0.1) is 0 Å². The predicted octanol–water partition coefficient (Wildman–Crippen LogP) is -1.19. The normalized spacial score (nSPS) is 15.8. The molecule has 0 aliphatic rings. The molecule has 0 aliphatic heterocycles. The van der Waals surface area contributed by atoms with E-state index in [2.05, 4.69) is 4.74 Å². The summed E-state index contributed by atoms with van der Waals surface area (Å²) in [6.45, 7) is -0.151. The number of carboxylic acid groups (broad SMARTS) is 1. The topological polar surface area (TPSA) is 95.9 Å². The average Bonchev–Trinajstić information content (AvgIpc) is 1.86. The van der Waals surface area contributed by atoms with Gasteiger partial charge in [-0.15, -0.1) is 0 Å². The second kappa shape index (κ2) is 5.19. The first kappa shape index (κ1) is 10.5. The zero-order valence-electron chi connectivity index (χ0n) is 5.81. The Morgan fingerprint density at radius 2 is 2.36 bits per heavy atom. The monoisotopic (exact) mass is 183 g/mol. The summed E-state index contributed by atoms with van der Waals surface area (Å²) in [6, 6.07) is -1.15. The van der Waals surface area contributed by atoms with Gasteiger partial charge in [0.1, 0.15) is 6.04 Å². The highest BCUT2D eigenvalue weighted by Gasteiger charge is 2.18. The molecule has 1 unspecified atom stereocenters. The van der Waals surface area contributed by atoms with Gasteiger partial charge >= 0.3 is 5.97 Å². The maximum absolute atomic E-state index is 10.2. The molecule has 0 radical (unpaired) electrons. The van der Waals surface area contributed by atoms with Gasteiger partial charge in [0.15, 0.2) is 0 Å². The number of hydrogen-bond acceptors (Lipinski definition) is 3. The van der Waals surface area contributed by atoms with E-state index in [1.807, 2.05) is 4.72 Å². The van der Waals surface area contributed by atoms with Gasteiger partial charge in [0, 0.05) is 7.11 Å². The second-order valence-corrected chi connectivity index (χ2v) is 2.45. The van der Waals surface area contributed by atoms with E-state index in [-0.39, 0.29) is 6.61 Å². The quantitative estimate of drug-likeness (QED) is 0.466. The zero-order valence-corrected chi connectivity index (χ0v) is 6.63. The summed E-state index contributed by atoms with van der Waals surface area (Å²) in [5, 5.41) is 8.37. The van der Waals surface area contributed by atoms with Gasteiger partial charge in [0.05, 0.1) is 6.61 Å². The fourth-order valence-electron chi connectivity index (χ4n) is 0.444. The van der Waals surface area contributed by atoms with E-state index in [4.69, 9.17) is 9.66 Å². The molecule has 11 heavy (non-hydrogen) atoms. The van der Waals surface area contributed by atoms with Crippen LogP contribution in [0.3, 0.4) is 0 Å². The fraction of sp³-hybridized carbons (Fsp3) is 0.750. The van der Waals surface area contributed by atoms with Crippen LogP contribution in [0.25, 0.3) is 0 Å². The van der Waals surface area contributed by atoms with Crippen molar-refractivity contribution in [1.82, 2.24) is 4.72 Å². The van der Waals surface area contributed by atoms with E-state index in [0.29, 0.717) is 0 Å². The number of carbonyl (C=O) groups is 1. The van der Waals surface area contributed by atoms with Gasteiger partial charge < -0.3 is 9.84 Å². The Bertz CT molecular complexity index is 161. The Balaban J connectivity index is 3.89. The van der Waals surface area contributed by atoms with Crippen LogP contribution in [0.4, 0.5) is 0 Å². The molecule has 0 spiro atoms. The van der Waals surface area contributed by atoms with Crippen LogP contribution in [-0.4, -0.2) is 39.6 Å². The fourth-order valence-corrected chi connectivity index (χ4v) is 0.856. The average molecular weight is 183 g/mol. The number of hydrogen-bond donors (Lipinski definition) is 3. The summed E-state index contributed by atoms with van der Waals surface area (Å²) < 4.78 is 24.7. The molecule has 0 heterocycles.